The normalized spacial score (nSPS) is 13.3. The van der Waals surface area contributed by atoms with E-state index in [4.69, 9.17) is 4.74 Å². The Hall–Kier alpha value is -2.61. The number of amides is 1. The molecule has 2 aromatic rings. The predicted octanol–water partition coefficient (Wildman–Crippen LogP) is 3.51. The largest absolute Gasteiger partial charge is 0.462 e. The number of rotatable bonds is 4. The molecule has 1 amide bonds. The van der Waals surface area contributed by atoms with Gasteiger partial charge in [0, 0.05) is 23.8 Å². The molecule has 0 spiro atoms. The number of ether oxygens (including phenoxy) is 1. The van der Waals surface area contributed by atoms with Crippen molar-refractivity contribution in [3.63, 3.8) is 0 Å². The van der Waals surface area contributed by atoms with E-state index in [0.717, 1.165) is 23.5 Å². The Kier molecular flexibility index (Phi) is 5.13. The number of anilines is 1. The number of carbonyl (C=O) groups excluding carboxylic acids is 3. The number of fused-ring (bicyclic) bond motifs is 1. The van der Waals surface area contributed by atoms with Gasteiger partial charge in [-0.25, -0.2) is 13.6 Å². The zero-order valence-corrected chi connectivity index (χ0v) is 14.7. The molecule has 1 aromatic heterocycles. The summed E-state index contributed by atoms with van der Waals surface area (Å²) in [5.74, 6) is -3.16. The first-order valence-electron chi connectivity index (χ1n) is 8.00. The Morgan fingerprint density at radius 3 is 2.73 bits per heavy atom. The quantitative estimate of drug-likeness (QED) is 0.825. The standard InChI is InChI=1S/C18H15F2NO4S/c1-2-25-18(24)15-12-6-4-10(22)8-14(12)26-17(15)21-16(23)11-5-3-9(19)7-13(11)20/h3,5,7H,2,4,6,8H2,1H3,(H,21,23). The van der Waals surface area contributed by atoms with Crippen LogP contribution in [-0.4, -0.2) is 24.3 Å². The highest BCUT2D eigenvalue weighted by Gasteiger charge is 2.30. The number of carbonyl (C=O) groups is 3. The van der Waals surface area contributed by atoms with Crippen LogP contribution >= 0.6 is 11.3 Å². The van der Waals surface area contributed by atoms with Gasteiger partial charge in [0.25, 0.3) is 5.91 Å². The van der Waals surface area contributed by atoms with E-state index in [9.17, 15) is 23.2 Å². The van der Waals surface area contributed by atoms with Crippen LogP contribution in [0.25, 0.3) is 0 Å². The fourth-order valence-corrected chi connectivity index (χ4v) is 4.06. The molecule has 0 radical (unpaired) electrons. The molecule has 0 unspecified atom stereocenters. The third-order valence-electron chi connectivity index (χ3n) is 3.98. The maximum absolute atomic E-state index is 13.8. The van der Waals surface area contributed by atoms with Crippen LogP contribution in [0, 0.1) is 11.6 Å². The molecule has 0 fully saturated rings. The number of hydrogen-bond acceptors (Lipinski definition) is 5. The van der Waals surface area contributed by atoms with Crippen molar-refractivity contribution in [2.24, 2.45) is 0 Å². The van der Waals surface area contributed by atoms with Gasteiger partial charge in [0.05, 0.1) is 17.7 Å². The number of halogens is 2. The van der Waals surface area contributed by atoms with Crippen molar-refractivity contribution in [2.45, 2.75) is 26.2 Å². The van der Waals surface area contributed by atoms with Crippen LogP contribution in [0.2, 0.25) is 0 Å². The third kappa shape index (κ3) is 3.50. The summed E-state index contributed by atoms with van der Waals surface area (Å²) in [5, 5.41) is 2.71. The number of ketones is 1. The zero-order chi connectivity index (χ0) is 18.8. The molecule has 1 aromatic carbocycles. The fourth-order valence-electron chi connectivity index (χ4n) is 2.80. The van der Waals surface area contributed by atoms with Gasteiger partial charge in [0.15, 0.2) is 0 Å². The SMILES string of the molecule is CCOC(=O)c1c(NC(=O)c2ccc(F)cc2F)sc2c1CCC(=O)C2. The lowest BCUT2D eigenvalue weighted by atomic mass is 9.94. The fraction of sp³-hybridized carbons (Fsp3) is 0.278. The smallest absolute Gasteiger partial charge is 0.341 e. The topological polar surface area (TPSA) is 72.5 Å². The van der Waals surface area contributed by atoms with Crippen molar-refractivity contribution in [1.29, 1.82) is 0 Å². The number of thiophene rings is 1. The van der Waals surface area contributed by atoms with Gasteiger partial charge in [-0.05, 0) is 31.0 Å². The molecule has 0 aliphatic heterocycles. The van der Waals surface area contributed by atoms with Crippen molar-refractivity contribution < 1.29 is 27.9 Å². The monoisotopic (exact) mass is 379 g/mol. The highest BCUT2D eigenvalue weighted by atomic mass is 32.1. The Morgan fingerprint density at radius 2 is 2.04 bits per heavy atom. The molecular weight excluding hydrogens is 364 g/mol. The Bertz CT molecular complexity index is 907. The first-order chi connectivity index (χ1) is 12.4. The molecule has 8 heteroatoms. The van der Waals surface area contributed by atoms with Crippen molar-refractivity contribution >= 4 is 34.0 Å². The summed E-state index contributed by atoms with van der Waals surface area (Å²) in [5.41, 5.74) is 0.543. The molecule has 1 aliphatic carbocycles. The second-order valence-electron chi connectivity index (χ2n) is 5.72. The van der Waals surface area contributed by atoms with Crippen LogP contribution in [-0.2, 0) is 22.4 Å². The van der Waals surface area contributed by atoms with Gasteiger partial charge < -0.3 is 10.1 Å². The van der Waals surface area contributed by atoms with Gasteiger partial charge in [-0.15, -0.1) is 11.3 Å². The molecule has 26 heavy (non-hydrogen) atoms. The second-order valence-corrected chi connectivity index (χ2v) is 6.83. The minimum atomic E-state index is -1.00. The summed E-state index contributed by atoms with van der Waals surface area (Å²) in [4.78, 5) is 37.1. The molecule has 1 N–H and O–H groups in total. The average Bonchev–Trinajstić information content (AvgIpc) is 2.91. The van der Waals surface area contributed by atoms with Gasteiger partial charge in [0.2, 0.25) is 0 Å². The lowest BCUT2D eigenvalue weighted by Gasteiger charge is -2.12. The predicted molar refractivity (Wildman–Crippen MR) is 91.6 cm³/mol. The van der Waals surface area contributed by atoms with E-state index in [1.54, 1.807) is 6.92 Å². The summed E-state index contributed by atoms with van der Waals surface area (Å²) in [7, 11) is 0. The van der Waals surface area contributed by atoms with Crippen LogP contribution in [0.5, 0.6) is 0 Å². The van der Waals surface area contributed by atoms with E-state index in [1.807, 2.05) is 0 Å². The molecule has 136 valence electrons. The first kappa shape index (κ1) is 18.2. The molecule has 0 bridgehead atoms. The second kappa shape index (κ2) is 7.33. The Balaban J connectivity index is 1.97. The van der Waals surface area contributed by atoms with E-state index in [2.05, 4.69) is 5.32 Å². The molecule has 0 saturated carbocycles. The number of nitrogens with one attached hydrogen (secondary N) is 1. The van der Waals surface area contributed by atoms with Crippen LogP contribution in [0.15, 0.2) is 18.2 Å². The van der Waals surface area contributed by atoms with Crippen molar-refractivity contribution in [1.82, 2.24) is 0 Å². The van der Waals surface area contributed by atoms with Gasteiger partial charge in [-0.2, -0.15) is 0 Å². The lowest BCUT2D eigenvalue weighted by Crippen LogP contribution is -2.17. The molecule has 1 heterocycles. The number of hydrogen-bond donors (Lipinski definition) is 1. The minimum Gasteiger partial charge on any atom is -0.462 e. The van der Waals surface area contributed by atoms with Crippen LogP contribution in [0.4, 0.5) is 13.8 Å². The van der Waals surface area contributed by atoms with Crippen LogP contribution in [0.3, 0.4) is 0 Å². The third-order valence-corrected chi connectivity index (χ3v) is 5.13. The minimum absolute atomic E-state index is 0.0524. The van der Waals surface area contributed by atoms with E-state index < -0.39 is 23.5 Å². The van der Waals surface area contributed by atoms with Crippen molar-refractivity contribution in [2.75, 3.05) is 11.9 Å². The summed E-state index contributed by atoms with van der Waals surface area (Å²) in [6.07, 6.45) is 0.892. The van der Waals surface area contributed by atoms with E-state index in [0.29, 0.717) is 29.3 Å². The Morgan fingerprint density at radius 1 is 1.27 bits per heavy atom. The number of Topliss-reactive ketones (excluding diaryl/α,β-unsaturated/α-hetero) is 1. The molecular formula is C18H15F2NO4S. The molecule has 3 rings (SSSR count). The van der Waals surface area contributed by atoms with Gasteiger partial charge in [0.1, 0.15) is 22.4 Å². The highest BCUT2D eigenvalue weighted by Crippen LogP contribution is 2.38. The van der Waals surface area contributed by atoms with E-state index in [-0.39, 0.29) is 34.9 Å². The summed E-state index contributed by atoms with van der Waals surface area (Å²) >= 11 is 1.10. The maximum atomic E-state index is 13.8. The average molecular weight is 379 g/mol. The molecule has 0 atom stereocenters. The summed E-state index contributed by atoms with van der Waals surface area (Å²) < 4.78 is 31.9. The molecule has 0 saturated heterocycles. The van der Waals surface area contributed by atoms with Crippen LogP contribution < -0.4 is 5.32 Å². The van der Waals surface area contributed by atoms with E-state index >= 15 is 0 Å². The summed E-state index contributed by atoms with van der Waals surface area (Å²) in [6.45, 7) is 1.81. The molecule has 5 nitrogen and oxygen atoms in total. The highest BCUT2D eigenvalue weighted by molar-refractivity contribution is 7.17. The Labute approximate surface area is 152 Å². The summed E-state index contributed by atoms with van der Waals surface area (Å²) in [6, 6.07) is 2.61. The number of benzene rings is 1. The van der Waals surface area contributed by atoms with Gasteiger partial charge >= 0.3 is 5.97 Å². The zero-order valence-electron chi connectivity index (χ0n) is 13.9. The van der Waals surface area contributed by atoms with Crippen LogP contribution in [0.1, 0.15) is 44.5 Å². The first-order valence-corrected chi connectivity index (χ1v) is 8.82. The van der Waals surface area contributed by atoms with Gasteiger partial charge in [-0.3, -0.25) is 9.59 Å². The maximum Gasteiger partial charge on any atom is 0.341 e. The molecule has 1 aliphatic rings. The van der Waals surface area contributed by atoms with Crippen molar-refractivity contribution in [3.05, 3.63) is 51.4 Å². The number of esters is 1. The van der Waals surface area contributed by atoms with E-state index in [1.165, 1.54) is 0 Å². The lowest BCUT2D eigenvalue weighted by molar-refractivity contribution is -0.118. The van der Waals surface area contributed by atoms with Crippen molar-refractivity contribution in [3.8, 4) is 0 Å². The van der Waals surface area contributed by atoms with Gasteiger partial charge in [-0.1, -0.05) is 0 Å².